The van der Waals surface area contributed by atoms with Crippen molar-refractivity contribution < 1.29 is 9.47 Å². The van der Waals surface area contributed by atoms with Gasteiger partial charge in [0.05, 0.1) is 13.8 Å². The Morgan fingerprint density at radius 1 is 1.08 bits per heavy atom. The molecule has 1 aliphatic rings. The average molecular weight is 348 g/mol. The number of ether oxygens (including phenoxy) is 2. The fourth-order valence-electron chi connectivity index (χ4n) is 2.86. The number of piperidine rings is 1. The minimum atomic E-state index is 0.388. The lowest BCUT2D eigenvalue weighted by Crippen LogP contribution is -2.32. The van der Waals surface area contributed by atoms with Crippen molar-refractivity contribution in [2.24, 2.45) is 7.05 Å². The van der Waals surface area contributed by atoms with Crippen LogP contribution < -0.4 is 9.47 Å². The van der Waals surface area contributed by atoms with Crippen LogP contribution in [0.4, 0.5) is 0 Å². The van der Waals surface area contributed by atoms with Crippen molar-refractivity contribution in [1.29, 1.82) is 0 Å². The standard InChI is InChI=1S/C17H24N4O2S/c1-19-16(12-23-15-8-6-14(22-2)7-9-15)18-21(17(19)24)13-20-10-4-3-5-11-20/h6-9H,3-5,10-13H2,1-2H3. The zero-order valence-corrected chi connectivity index (χ0v) is 15.1. The molecule has 2 aromatic rings. The number of methoxy groups -OCH3 is 1. The number of benzene rings is 1. The molecule has 24 heavy (non-hydrogen) atoms. The summed E-state index contributed by atoms with van der Waals surface area (Å²) in [5.41, 5.74) is 0. The zero-order valence-electron chi connectivity index (χ0n) is 14.3. The van der Waals surface area contributed by atoms with Gasteiger partial charge in [0.1, 0.15) is 18.1 Å². The highest BCUT2D eigenvalue weighted by Crippen LogP contribution is 2.18. The first-order valence-electron chi connectivity index (χ1n) is 8.29. The number of aromatic nitrogens is 3. The van der Waals surface area contributed by atoms with Crippen LogP contribution in [0.2, 0.25) is 0 Å². The third-order valence-electron chi connectivity index (χ3n) is 4.34. The van der Waals surface area contributed by atoms with Crippen molar-refractivity contribution in [3.05, 3.63) is 34.9 Å². The maximum atomic E-state index is 5.82. The van der Waals surface area contributed by atoms with Crippen molar-refractivity contribution in [2.45, 2.75) is 32.5 Å². The van der Waals surface area contributed by atoms with Crippen LogP contribution in [0.5, 0.6) is 11.5 Å². The minimum Gasteiger partial charge on any atom is -0.497 e. The Kier molecular flexibility index (Phi) is 5.52. The second kappa shape index (κ2) is 7.81. The molecule has 1 fully saturated rings. The molecule has 0 aliphatic carbocycles. The number of rotatable bonds is 6. The number of nitrogens with zero attached hydrogens (tertiary/aromatic N) is 4. The van der Waals surface area contributed by atoms with Crippen LogP contribution in [0.1, 0.15) is 25.1 Å². The monoisotopic (exact) mass is 348 g/mol. The normalized spacial score (nSPS) is 15.4. The summed E-state index contributed by atoms with van der Waals surface area (Å²) >= 11 is 5.51. The molecule has 1 aromatic carbocycles. The Morgan fingerprint density at radius 3 is 2.42 bits per heavy atom. The Bertz CT molecular complexity index is 717. The fraction of sp³-hybridized carbons (Fsp3) is 0.529. The van der Waals surface area contributed by atoms with E-state index in [0.717, 1.165) is 41.9 Å². The van der Waals surface area contributed by atoms with Crippen molar-refractivity contribution in [1.82, 2.24) is 19.2 Å². The largest absolute Gasteiger partial charge is 0.497 e. The van der Waals surface area contributed by atoms with Crippen molar-refractivity contribution in [2.75, 3.05) is 20.2 Å². The smallest absolute Gasteiger partial charge is 0.198 e. The van der Waals surface area contributed by atoms with Crippen LogP contribution in [-0.2, 0) is 20.3 Å². The topological polar surface area (TPSA) is 44.5 Å². The molecule has 0 N–H and O–H groups in total. The van der Waals surface area contributed by atoms with Gasteiger partial charge in [-0.3, -0.25) is 4.90 Å². The lowest BCUT2D eigenvalue weighted by Gasteiger charge is -2.25. The molecule has 1 saturated heterocycles. The molecule has 7 heteroatoms. The molecule has 130 valence electrons. The Hall–Kier alpha value is -1.86. The van der Waals surface area contributed by atoms with Gasteiger partial charge in [0.2, 0.25) is 0 Å². The van der Waals surface area contributed by atoms with Crippen molar-refractivity contribution >= 4 is 12.2 Å². The molecule has 3 rings (SSSR count). The van der Waals surface area contributed by atoms with Gasteiger partial charge in [-0.05, 0) is 62.4 Å². The quantitative estimate of drug-likeness (QED) is 0.751. The third-order valence-corrected chi connectivity index (χ3v) is 4.83. The van der Waals surface area contributed by atoms with Crippen molar-refractivity contribution in [3.63, 3.8) is 0 Å². The van der Waals surface area contributed by atoms with Crippen molar-refractivity contribution in [3.8, 4) is 11.5 Å². The van der Waals surface area contributed by atoms with Gasteiger partial charge in [0.25, 0.3) is 0 Å². The predicted molar refractivity (Wildman–Crippen MR) is 94.8 cm³/mol. The van der Waals surface area contributed by atoms with E-state index < -0.39 is 0 Å². The first kappa shape index (κ1) is 17.0. The van der Waals surface area contributed by atoms with Crippen LogP contribution >= 0.6 is 12.2 Å². The number of hydrogen-bond acceptors (Lipinski definition) is 5. The lowest BCUT2D eigenvalue weighted by molar-refractivity contribution is 0.171. The Morgan fingerprint density at radius 2 is 1.75 bits per heavy atom. The SMILES string of the molecule is COc1ccc(OCc2nn(CN3CCCCC3)c(=S)n2C)cc1. The summed E-state index contributed by atoms with van der Waals surface area (Å²) in [5, 5.41) is 4.64. The highest BCUT2D eigenvalue weighted by atomic mass is 32.1. The third kappa shape index (κ3) is 3.96. The molecule has 0 saturated carbocycles. The molecule has 2 heterocycles. The molecule has 0 atom stereocenters. The molecular formula is C17H24N4O2S. The van der Waals surface area contributed by atoms with Gasteiger partial charge < -0.3 is 14.0 Å². The summed E-state index contributed by atoms with van der Waals surface area (Å²) in [6, 6.07) is 7.53. The highest BCUT2D eigenvalue weighted by Gasteiger charge is 2.14. The highest BCUT2D eigenvalue weighted by molar-refractivity contribution is 7.71. The Labute approximate surface area is 147 Å². The Balaban J connectivity index is 1.64. The molecule has 0 bridgehead atoms. The van der Waals surface area contributed by atoms with E-state index in [4.69, 9.17) is 21.7 Å². The maximum Gasteiger partial charge on any atom is 0.198 e. The van der Waals surface area contributed by atoms with Crippen LogP contribution in [0.3, 0.4) is 0 Å². The van der Waals surface area contributed by atoms with E-state index in [1.54, 1.807) is 7.11 Å². The van der Waals surface area contributed by atoms with E-state index in [0.29, 0.717) is 6.61 Å². The lowest BCUT2D eigenvalue weighted by atomic mass is 10.1. The summed E-state index contributed by atoms with van der Waals surface area (Å²) in [6.07, 6.45) is 3.84. The molecular weight excluding hydrogens is 324 g/mol. The number of hydrogen-bond donors (Lipinski definition) is 0. The van der Waals surface area contributed by atoms with Crippen LogP contribution in [0.15, 0.2) is 24.3 Å². The summed E-state index contributed by atoms with van der Waals surface area (Å²) in [5.74, 6) is 2.42. The first-order valence-corrected chi connectivity index (χ1v) is 8.70. The molecule has 0 amide bonds. The van der Waals surface area contributed by atoms with Crippen LogP contribution in [-0.4, -0.2) is 39.4 Å². The summed E-state index contributed by atoms with van der Waals surface area (Å²) in [6.45, 7) is 3.39. The second-order valence-electron chi connectivity index (χ2n) is 6.04. The van der Waals surface area contributed by atoms with E-state index in [1.165, 1.54) is 19.3 Å². The van der Waals surface area contributed by atoms with Gasteiger partial charge in [0.15, 0.2) is 10.6 Å². The fourth-order valence-corrected chi connectivity index (χ4v) is 3.06. The molecule has 1 aliphatic heterocycles. The van der Waals surface area contributed by atoms with Gasteiger partial charge in [-0.2, -0.15) is 5.10 Å². The molecule has 6 nitrogen and oxygen atoms in total. The van der Waals surface area contributed by atoms with E-state index in [9.17, 15) is 0 Å². The summed E-state index contributed by atoms with van der Waals surface area (Å²) in [4.78, 5) is 2.40. The van der Waals surface area contributed by atoms with E-state index in [1.807, 2.05) is 40.6 Å². The van der Waals surface area contributed by atoms with Gasteiger partial charge in [-0.1, -0.05) is 6.42 Å². The first-order chi connectivity index (χ1) is 11.7. The van der Waals surface area contributed by atoms with Crippen LogP contribution in [0, 0.1) is 4.77 Å². The number of likely N-dealkylation sites (tertiary alicyclic amines) is 1. The van der Waals surface area contributed by atoms with Gasteiger partial charge in [-0.15, -0.1) is 0 Å². The van der Waals surface area contributed by atoms with Gasteiger partial charge in [-0.25, -0.2) is 4.68 Å². The van der Waals surface area contributed by atoms with E-state index in [-0.39, 0.29) is 0 Å². The molecule has 0 radical (unpaired) electrons. The zero-order chi connectivity index (χ0) is 16.9. The molecule has 0 unspecified atom stereocenters. The molecule has 1 aromatic heterocycles. The average Bonchev–Trinajstić information content (AvgIpc) is 2.89. The van der Waals surface area contributed by atoms with E-state index in [2.05, 4.69) is 10.00 Å². The second-order valence-corrected chi connectivity index (χ2v) is 6.41. The van der Waals surface area contributed by atoms with Crippen LogP contribution in [0.25, 0.3) is 0 Å². The van der Waals surface area contributed by atoms with Gasteiger partial charge >= 0.3 is 0 Å². The van der Waals surface area contributed by atoms with Gasteiger partial charge in [0, 0.05) is 7.05 Å². The summed E-state index contributed by atoms with van der Waals surface area (Å²) in [7, 11) is 3.59. The summed E-state index contributed by atoms with van der Waals surface area (Å²) < 4.78 is 15.5. The molecule has 0 spiro atoms. The minimum absolute atomic E-state index is 0.388. The maximum absolute atomic E-state index is 5.82. The predicted octanol–water partition coefficient (Wildman–Crippen LogP) is 2.98. The van der Waals surface area contributed by atoms with E-state index >= 15 is 0 Å².